The fraction of sp³-hybridized carbons (Fsp3) is 0.235. The number of hydrogen-bond acceptors (Lipinski definition) is 5. The van der Waals surface area contributed by atoms with Gasteiger partial charge >= 0.3 is 5.63 Å². The maximum Gasteiger partial charge on any atom is 0.337 e. The van der Waals surface area contributed by atoms with Crippen LogP contribution in [0.1, 0.15) is 23.0 Å². The molecule has 3 aromatic rings. The van der Waals surface area contributed by atoms with Crippen LogP contribution in [-0.4, -0.2) is 22.8 Å². The summed E-state index contributed by atoms with van der Waals surface area (Å²) in [7, 11) is 1.52. The summed E-state index contributed by atoms with van der Waals surface area (Å²) in [6.07, 6.45) is 0. The zero-order valence-corrected chi connectivity index (χ0v) is 13.6. The van der Waals surface area contributed by atoms with Crippen LogP contribution in [0.3, 0.4) is 0 Å². The smallest absolute Gasteiger partial charge is 0.337 e. The van der Waals surface area contributed by atoms with Gasteiger partial charge in [-0.15, -0.1) is 0 Å². The van der Waals surface area contributed by atoms with Crippen molar-refractivity contribution in [3.8, 4) is 5.75 Å². The lowest BCUT2D eigenvalue weighted by Crippen LogP contribution is -2.17. The Morgan fingerprint density at radius 2 is 2.12 bits per heavy atom. The van der Waals surface area contributed by atoms with Gasteiger partial charge in [-0.1, -0.05) is 0 Å². The number of anilines is 1. The van der Waals surface area contributed by atoms with Crippen molar-refractivity contribution in [1.29, 1.82) is 0 Å². The average Bonchev–Trinajstić information content (AvgIpc) is 2.92. The predicted octanol–water partition coefficient (Wildman–Crippen LogP) is 2.58. The molecule has 7 heteroatoms. The van der Waals surface area contributed by atoms with Crippen molar-refractivity contribution >= 4 is 22.7 Å². The van der Waals surface area contributed by atoms with E-state index in [1.165, 1.54) is 13.2 Å². The lowest BCUT2D eigenvalue weighted by Gasteiger charge is -2.09. The lowest BCUT2D eigenvalue weighted by molar-refractivity contribution is 0.102. The molecule has 0 aliphatic rings. The molecule has 3 rings (SSSR count). The molecule has 0 unspecified atom stereocenters. The van der Waals surface area contributed by atoms with Gasteiger partial charge in [-0.2, -0.15) is 5.10 Å². The second-order valence-electron chi connectivity index (χ2n) is 5.28. The molecule has 0 aliphatic carbocycles. The van der Waals surface area contributed by atoms with Crippen molar-refractivity contribution in [3.63, 3.8) is 0 Å². The minimum absolute atomic E-state index is 0.241. The van der Waals surface area contributed by atoms with E-state index < -0.39 is 11.5 Å². The first-order chi connectivity index (χ1) is 11.5. The molecular weight excluding hydrogens is 310 g/mol. The Bertz CT molecular complexity index is 972. The molecule has 124 valence electrons. The zero-order chi connectivity index (χ0) is 17.3. The van der Waals surface area contributed by atoms with Crippen LogP contribution in [-0.2, 0) is 6.54 Å². The molecule has 2 heterocycles. The standard InChI is InChI=1S/C17H17N3O4/c1-4-20-15(7-10(2)19-20)18-17(22)13-9-16(21)24-14-8-11(23-3)5-6-12(13)14/h5-9H,4H2,1-3H3,(H,18,22). The van der Waals surface area contributed by atoms with E-state index in [4.69, 9.17) is 9.15 Å². The van der Waals surface area contributed by atoms with Crippen LogP contribution in [0.4, 0.5) is 5.82 Å². The fourth-order valence-corrected chi connectivity index (χ4v) is 2.53. The molecular formula is C17H17N3O4. The van der Waals surface area contributed by atoms with E-state index in [1.54, 1.807) is 28.9 Å². The zero-order valence-electron chi connectivity index (χ0n) is 13.6. The largest absolute Gasteiger partial charge is 0.497 e. The van der Waals surface area contributed by atoms with Gasteiger partial charge in [0.2, 0.25) is 0 Å². The number of rotatable bonds is 4. The predicted molar refractivity (Wildman–Crippen MR) is 89.6 cm³/mol. The van der Waals surface area contributed by atoms with E-state index >= 15 is 0 Å². The van der Waals surface area contributed by atoms with E-state index in [-0.39, 0.29) is 5.56 Å². The lowest BCUT2D eigenvalue weighted by atomic mass is 10.1. The second-order valence-corrected chi connectivity index (χ2v) is 5.28. The fourth-order valence-electron chi connectivity index (χ4n) is 2.53. The third-order valence-corrected chi connectivity index (χ3v) is 3.64. The van der Waals surface area contributed by atoms with Gasteiger partial charge < -0.3 is 14.5 Å². The number of aryl methyl sites for hydroxylation is 2. The number of methoxy groups -OCH3 is 1. The second kappa shape index (κ2) is 6.19. The Labute approximate surface area is 137 Å². The number of hydrogen-bond donors (Lipinski definition) is 1. The molecule has 2 aromatic heterocycles. The Balaban J connectivity index is 2.04. The molecule has 0 fully saturated rings. The van der Waals surface area contributed by atoms with Crippen molar-refractivity contribution < 1.29 is 13.9 Å². The van der Waals surface area contributed by atoms with Crippen LogP contribution in [0.15, 0.2) is 39.5 Å². The highest BCUT2D eigenvalue weighted by Gasteiger charge is 2.16. The molecule has 0 aliphatic heterocycles. The first-order valence-corrected chi connectivity index (χ1v) is 7.49. The van der Waals surface area contributed by atoms with Gasteiger partial charge in [0.05, 0.1) is 18.4 Å². The SMILES string of the molecule is CCn1nc(C)cc1NC(=O)c1cc(=O)oc2cc(OC)ccc12. The van der Waals surface area contributed by atoms with Crippen LogP contribution >= 0.6 is 0 Å². The maximum atomic E-state index is 12.6. The van der Waals surface area contributed by atoms with Gasteiger partial charge in [-0.05, 0) is 26.0 Å². The summed E-state index contributed by atoms with van der Waals surface area (Å²) in [5.41, 5.74) is 0.744. The van der Waals surface area contributed by atoms with Gasteiger partial charge in [0, 0.05) is 30.1 Å². The van der Waals surface area contributed by atoms with Crippen molar-refractivity contribution in [2.24, 2.45) is 0 Å². The first kappa shape index (κ1) is 15.8. The highest BCUT2D eigenvalue weighted by molar-refractivity contribution is 6.11. The molecule has 1 amide bonds. The van der Waals surface area contributed by atoms with Crippen LogP contribution in [0.5, 0.6) is 5.75 Å². The molecule has 0 bridgehead atoms. The topological polar surface area (TPSA) is 86.4 Å². The number of carbonyl (C=O) groups is 1. The minimum Gasteiger partial charge on any atom is -0.497 e. The molecule has 0 atom stereocenters. The first-order valence-electron chi connectivity index (χ1n) is 7.49. The summed E-state index contributed by atoms with van der Waals surface area (Å²) in [4.78, 5) is 24.4. The Hall–Kier alpha value is -3.09. The number of nitrogens with one attached hydrogen (secondary N) is 1. The number of carbonyl (C=O) groups excluding carboxylic acids is 1. The molecule has 1 N–H and O–H groups in total. The average molecular weight is 327 g/mol. The Morgan fingerprint density at radius 3 is 2.83 bits per heavy atom. The summed E-state index contributed by atoms with van der Waals surface area (Å²) in [6.45, 7) is 4.40. The summed E-state index contributed by atoms with van der Waals surface area (Å²) < 4.78 is 12.0. The van der Waals surface area contributed by atoms with Crippen molar-refractivity contribution in [1.82, 2.24) is 9.78 Å². The normalized spacial score (nSPS) is 10.8. The van der Waals surface area contributed by atoms with Crippen molar-refractivity contribution in [2.75, 3.05) is 12.4 Å². The molecule has 0 saturated heterocycles. The quantitative estimate of drug-likeness (QED) is 0.744. The highest BCUT2D eigenvalue weighted by Crippen LogP contribution is 2.23. The van der Waals surface area contributed by atoms with Crippen LogP contribution in [0.2, 0.25) is 0 Å². The van der Waals surface area contributed by atoms with E-state index in [1.807, 2.05) is 13.8 Å². The molecule has 7 nitrogen and oxygen atoms in total. The minimum atomic E-state index is -0.596. The van der Waals surface area contributed by atoms with E-state index in [0.29, 0.717) is 29.1 Å². The van der Waals surface area contributed by atoms with Crippen molar-refractivity contribution in [2.45, 2.75) is 20.4 Å². The van der Waals surface area contributed by atoms with Gasteiger partial charge in [0.15, 0.2) is 0 Å². The number of amides is 1. The number of fused-ring (bicyclic) bond motifs is 1. The van der Waals surface area contributed by atoms with Crippen LogP contribution in [0.25, 0.3) is 11.0 Å². The summed E-state index contributed by atoms with van der Waals surface area (Å²) in [6, 6.07) is 7.93. The number of ether oxygens (including phenoxy) is 1. The third-order valence-electron chi connectivity index (χ3n) is 3.64. The molecule has 1 aromatic carbocycles. The highest BCUT2D eigenvalue weighted by atomic mass is 16.5. The molecule has 0 saturated carbocycles. The molecule has 0 radical (unpaired) electrons. The maximum absolute atomic E-state index is 12.6. The Morgan fingerprint density at radius 1 is 1.33 bits per heavy atom. The Kier molecular flexibility index (Phi) is 4.07. The van der Waals surface area contributed by atoms with Gasteiger partial charge in [-0.25, -0.2) is 9.48 Å². The summed E-state index contributed by atoms with van der Waals surface area (Å²) >= 11 is 0. The number of nitrogens with zero attached hydrogens (tertiary/aromatic N) is 2. The van der Waals surface area contributed by atoms with E-state index in [9.17, 15) is 9.59 Å². The van der Waals surface area contributed by atoms with Crippen LogP contribution < -0.4 is 15.7 Å². The van der Waals surface area contributed by atoms with Gasteiger partial charge in [-0.3, -0.25) is 4.79 Å². The van der Waals surface area contributed by atoms with E-state index in [0.717, 1.165) is 5.69 Å². The monoisotopic (exact) mass is 327 g/mol. The van der Waals surface area contributed by atoms with E-state index in [2.05, 4.69) is 10.4 Å². The molecule has 24 heavy (non-hydrogen) atoms. The van der Waals surface area contributed by atoms with Crippen molar-refractivity contribution in [3.05, 3.63) is 52.0 Å². The van der Waals surface area contributed by atoms with Gasteiger partial charge in [0.25, 0.3) is 5.91 Å². The van der Waals surface area contributed by atoms with Gasteiger partial charge in [0.1, 0.15) is 17.2 Å². The summed E-state index contributed by atoms with van der Waals surface area (Å²) in [5, 5.41) is 7.61. The number of benzene rings is 1. The molecule has 0 spiro atoms. The number of aromatic nitrogens is 2. The summed E-state index contributed by atoms with van der Waals surface area (Å²) in [5.74, 6) is 0.727. The third kappa shape index (κ3) is 2.88. The van der Waals surface area contributed by atoms with Crippen LogP contribution in [0, 0.1) is 6.92 Å².